The lowest BCUT2D eigenvalue weighted by atomic mass is 9.44. The first-order chi connectivity index (χ1) is 27.4. The number of nitrogens with one attached hydrogen (secondary N) is 1. The standard InChI is InChI=1S/C43H59NO15/c1-11-12-18-54-38(52)44-33(39(5,6)7)30(48)37(51)57-26-20-43(53)35(58-36(50)25-16-14-13-15-17-25)32-41(10,27(47)19-28-42(32,21-55-28)59-24(4)46)34(49)31(56-23(3)45)29(22(26)2)40(43,8)9/h13-17,26-28,30-33,35,47-48,53H,11-12,18-21H2,1-10H3,(H,44,52)/t26-,27-,28+,30+,31+,32-,33+,35-,41+,42-,43+/m0/s1. The summed E-state index contributed by atoms with van der Waals surface area (Å²) in [7, 11) is 0. The van der Waals surface area contributed by atoms with Gasteiger partial charge in [-0.2, -0.15) is 0 Å². The van der Waals surface area contributed by atoms with Gasteiger partial charge in [0, 0.05) is 32.1 Å². The van der Waals surface area contributed by atoms with Crippen molar-refractivity contribution in [1.82, 2.24) is 5.32 Å². The van der Waals surface area contributed by atoms with E-state index in [0.717, 1.165) is 20.3 Å². The molecule has 1 aliphatic heterocycles. The molecule has 59 heavy (non-hydrogen) atoms. The van der Waals surface area contributed by atoms with Crippen molar-refractivity contribution in [1.29, 1.82) is 0 Å². The Bertz CT molecular complexity index is 1850. The highest BCUT2D eigenvalue weighted by Gasteiger charge is 2.78. The molecule has 2 bridgehead atoms. The number of rotatable bonds is 11. The SMILES string of the molecule is CCCCOC(=O)N[C@H]([C@@H](O)C(=O)O[C@H]1C[C@@]2(O)[C@@H](OC(=O)c3ccccc3)[C@@H]3[C@]4(OC(C)=O)CO[C@@H]4C[C@H](O)[C@@]3(C)C(=O)[C@H](OC(C)=O)C(=C1C)C2(C)C)C(C)(C)C. The summed E-state index contributed by atoms with van der Waals surface area (Å²) in [6, 6.07) is 6.61. The number of esters is 4. The fraction of sp³-hybridized carbons (Fsp3) is 0.674. The number of aliphatic hydroxyl groups excluding tert-OH is 2. The van der Waals surface area contributed by atoms with Gasteiger partial charge >= 0.3 is 30.0 Å². The summed E-state index contributed by atoms with van der Waals surface area (Å²) in [5.74, 6) is -6.20. The average Bonchev–Trinajstić information content (AvgIpc) is 3.14. The number of Topliss-reactive ketones (excluding diaryl/α,β-unsaturated/α-hetero) is 1. The van der Waals surface area contributed by atoms with Crippen molar-refractivity contribution in [3.8, 4) is 0 Å². The number of aliphatic hydroxyl groups is 3. The molecule has 3 fully saturated rings. The molecule has 1 aromatic carbocycles. The molecule has 1 aromatic rings. The Morgan fingerprint density at radius 1 is 1.00 bits per heavy atom. The minimum absolute atomic E-state index is 0.00453. The number of fused-ring (bicyclic) bond motifs is 5. The van der Waals surface area contributed by atoms with Crippen LogP contribution in [0.15, 0.2) is 41.5 Å². The van der Waals surface area contributed by atoms with E-state index in [9.17, 15) is 39.3 Å². The third kappa shape index (κ3) is 8.00. The highest BCUT2D eigenvalue weighted by Crippen LogP contribution is 2.64. The van der Waals surface area contributed by atoms with Crippen LogP contribution in [0.25, 0.3) is 0 Å². The van der Waals surface area contributed by atoms with Gasteiger partial charge in [0.2, 0.25) is 0 Å². The van der Waals surface area contributed by atoms with Crippen LogP contribution < -0.4 is 5.32 Å². The first kappa shape index (κ1) is 45.7. The van der Waals surface area contributed by atoms with Gasteiger partial charge in [-0.25, -0.2) is 14.4 Å². The van der Waals surface area contributed by atoms with Crippen molar-refractivity contribution in [3.63, 3.8) is 0 Å². The summed E-state index contributed by atoms with van der Waals surface area (Å²) in [5, 5.41) is 39.7. The van der Waals surface area contributed by atoms with Crippen LogP contribution in [-0.2, 0) is 47.6 Å². The number of alkyl carbamates (subject to hydrolysis) is 1. The summed E-state index contributed by atoms with van der Waals surface area (Å²) in [6.07, 6.45) is -9.86. The lowest BCUT2D eigenvalue weighted by molar-refractivity contribution is -0.346. The fourth-order valence-electron chi connectivity index (χ4n) is 9.61. The van der Waals surface area contributed by atoms with E-state index in [1.165, 1.54) is 26.0 Å². The molecular weight excluding hydrogens is 770 g/mol. The van der Waals surface area contributed by atoms with Gasteiger partial charge in [-0.1, -0.05) is 66.2 Å². The smallest absolute Gasteiger partial charge is 0.407 e. The van der Waals surface area contributed by atoms with Gasteiger partial charge in [0.05, 0.1) is 42.3 Å². The number of benzene rings is 1. The second-order valence-electron chi connectivity index (χ2n) is 18.1. The molecule has 4 N–H and O–H groups in total. The molecule has 16 heteroatoms. The van der Waals surface area contributed by atoms with E-state index in [1.807, 2.05) is 6.92 Å². The van der Waals surface area contributed by atoms with E-state index in [2.05, 4.69) is 5.32 Å². The molecular formula is C43H59NO15. The van der Waals surface area contributed by atoms with Crippen molar-refractivity contribution in [3.05, 3.63) is 47.0 Å². The summed E-state index contributed by atoms with van der Waals surface area (Å²) in [5.41, 5.74) is -8.48. The number of hydrogen-bond donors (Lipinski definition) is 4. The predicted octanol–water partition coefficient (Wildman–Crippen LogP) is 3.51. The van der Waals surface area contributed by atoms with Crippen LogP contribution in [0, 0.1) is 22.2 Å². The highest BCUT2D eigenvalue weighted by molar-refractivity contribution is 5.95. The molecule has 4 aliphatic rings. The fourth-order valence-corrected chi connectivity index (χ4v) is 9.61. The van der Waals surface area contributed by atoms with Gasteiger partial charge in [0.1, 0.15) is 23.9 Å². The van der Waals surface area contributed by atoms with Crippen LogP contribution in [0.1, 0.15) is 105 Å². The average molecular weight is 830 g/mol. The van der Waals surface area contributed by atoms with Gasteiger partial charge in [0.15, 0.2) is 23.6 Å². The molecule has 1 saturated heterocycles. The van der Waals surface area contributed by atoms with Crippen LogP contribution in [0.4, 0.5) is 4.79 Å². The lowest BCUT2D eigenvalue weighted by Crippen LogP contribution is -2.82. The summed E-state index contributed by atoms with van der Waals surface area (Å²) in [6.45, 7) is 15.1. The summed E-state index contributed by atoms with van der Waals surface area (Å²) in [4.78, 5) is 82.3. The second-order valence-corrected chi connectivity index (χ2v) is 18.1. The third-order valence-electron chi connectivity index (χ3n) is 12.9. The second kappa shape index (κ2) is 16.6. The van der Waals surface area contributed by atoms with Crippen molar-refractivity contribution in [2.45, 2.75) is 149 Å². The van der Waals surface area contributed by atoms with Crippen molar-refractivity contribution in [2.75, 3.05) is 13.2 Å². The van der Waals surface area contributed by atoms with Crippen LogP contribution >= 0.6 is 0 Å². The maximum absolute atomic E-state index is 15.4. The molecule has 11 atom stereocenters. The molecule has 326 valence electrons. The molecule has 2 saturated carbocycles. The van der Waals surface area contributed by atoms with E-state index in [-0.39, 0.29) is 36.3 Å². The Labute approximate surface area is 344 Å². The van der Waals surface area contributed by atoms with Crippen molar-refractivity contribution in [2.24, 2.45) is 22.2 Å². The number of ketones is 1. The Balaban J connectivity index is 1.72. The lowest BCUT2D eigenvalue weighted by Gasteiger charge is -2.67. The van der Waals surface area contributed by atoms with Crippen LogP contribution in [0.5, 0.6) is 0 Å². The van der Waals surface area contributed by atoms with Crippen LogP contribution in [0.2, 0.25) is 0 Å². The van der Waals surface area contributed by atoms with Gasteiger partial charge in [-0.05, 0) is 49.0 Å². The van der Waals surface area contributed by atoms with E-state index in [1.54, 1.807) is 52.8 Å². The molecule has 1 heterocycles. The van der Waals surface area contributed by atoms with Gasteiger partial charge < -0.3 is 49.1 Å². The molecule has 0 aromatic heterocycles. The van der Waals surface area contributed by atoms with Crippen molar-refractivity contribution >= 4 is 35.8 Å². The minimum Gasteiger partial charge on any atom is -0.456 e. The van der Waals surface area contributed by atoms with Gasteiger partial charge in [0.25, 0.3) is 0 Å². The maximum atomic E-state index is 15.4. The van der Waals surface area contributed by atoms with E-state index < -0.39 is 118 Å². The molecule has 0 radical (unpaired) electrons. The molecule has 0 spiro atoms. The Kier molecular flexibility index (Phi) is 12.8. The Morgan fingerprint density at radius 3 is 2.19 bits per heavy atom. The largest absolute Gasteiger partial charge is 0.456 e. The quantitative estimate of drug-likeness (QED) is 0.108. The predicted molar refractivity (Wildman–Crippen MR) is 207 cm³/mol. The molecule has 1 amide bonds. The zero-order chi connectivity index (χ0) is 44.0. The first-order valence-electron chi connectivity index (χ1n) is 20.1. The van der Waals surface area contributed by atoms with Gasteiger partial charge in [-0.15, -0.1) is 0 Å². The van der Waals surface area contributed by atoms with E-state index in [4.69, 9.17) is 28.4 Å². The van der Waals surface area contributed by atoms with E-state index in [0.29, 0.717) is 6.42 Å². The Hall–Kier alpha value is -4.38. The third-order valence-corrected chi connectivity index (χ3v) is 12.9. The highest BCUT2D eigenvalue weighted by atomic mass is 16.6. The Morgan fingerprint density at radius 2 is 1.64 bits per heavy atom. The molecule has 0 unspecified atom stereocenters. The topological polar surface area (TPSA) is 231 Å². The number of carbonyl (C=O) groups is 6. The van der Waals surface area contributed by atoms with Crippen LogP contribution in [0.3, 0.4) is 0 Å². The summed E-state index contributed by atoms with van der Waals surface area (Å²) >= 11 is 0. The van der Waals surface area contributed by atoms with E-state index >= 15 is 4.79 Å². The van der Waals surface area contributed by atoms with Crippen molar-refractivity contribution < 1.29 is 72.5 Å². The number of carbonyl (C=O) groups excluding carboxylic acids is 6. The summed E-state index contributed by atoms with van der Waals surface area (Å²) < 4.78 is 35.3. The molecule has 3 aliphatic carbocycles. The first-order valence-corrected chi connectivity index (χ1v) is 20.1. The van der Waals surface area contributed by atoms with Gasteiger partial charge in [-0.3, -0.25) is 14.4 Å². The van der Waals surface area contributed by atoms with Crippen LogP contribution in [-0.4, -0.2) is 118 Å². The monoisotopic (exact) mass is 829 g/mol. The zero-order valence-electron chi connectivity index (χ0n) is 35.5. The number of amides is 1. The minimum atomic E-state index is -2.37. The number of hydrogen-bond acceptors (Lipinski definition) is 15. The molecule has 16 nitrogen and oxygen atoms in total. The number of ether oxygens (including phenoxy) is 6. The maximum Gasteiger partial charge on any atom is 0.407 e. The zero-order valence-corrected chi connectivity index (χ0v) is 35.5. The number of unbranched alkanes of at least 4 members (excludes halogenated alkanes) is 1. The molecule has 5 rings (SSSR count). The normalized spacial score (nSPS) is 33.3.